The zero-order chi connectivity index (χ0) is 21.0. The molecule has 0 saturated heterocycles. The Kier molecular flexibility index (Phi) is 6.07. The van der Waals surface area contributed by atoms with Crippen LogP contribution in [0.5, 0.6) is 23.0 Å². The van der Waals surface area contributed by atoms with Crippen molar-refractivity contribution in [2.45, 2.75) is 20.0 Å². The highest BCUT2D eigenvalue weighted by atomic mass is 16.6. The summed E-state index contributed by atoms with van der Waals surface area (Å²) in [6.07, 6.45) is 0.839. The second-order valence-corrected chi connectivity index (χ2v) is 6.22. The summed E-state index contributed by atoms with van der Waals surface area (Å²) in [5.41, 5.74) is 1.09. The molecule has 2 aromatic carbocycles. The first kappa shape index (κ1) is 20.3. The van der Waals surface area contributed by atoms with Crippen LogP contribution in [0.2, 0.25) is 0 Å². The third-order valence-corrected chi connectivity index (χ3v) is 4.30. The third-order valence-electron chi connectivity index (χ3n) is 4.30. The van der Waals surface area contributed by atoms with Crippen LogP contribution in [0, 0.1) is 0 Å². The molecule has 1 aliphatic rings. The van der Waals surface area contributed by atoms with Gasteiger partial charge in [0.05, 0.1) is 26.4 Å². The van der Waals surface area contributed by atoms with E-state index in [1.165, 1.54) is 7.11 Å². The third kappa shape index (κ3) is 4.34. The lowest BCUT2D eigenvalue weighted by Crippen LogP contribution is -2.26. The molecule has 0 bridgehead atoms. The lowest BCUT2D eigenvalue weighted by Gasteiger charge is -2.13. The van der Waals surface area contributed by atoms with E-state index in [9.17, 15) is 9.59 Å². The summed E-state index contributed by atoms with van der Waals surface area (Å²) < 4.78 is 26.8. The van der Waals surface area contributed by atoms with Gasteiger partial charge in [-0.2, -0.15) is 0 Å². The first-order chi connectivity index (χ1) is 14.0. The fourth-order valence-corrected chi connectivity index (χ4v) is 2.83. The predicted octanol–water partition coefficient (Wildman–Crippen LogP) is 3.65. The number of ketones is 1. The van der Waals surface area contributed by atoms with Gasteiger partial charge >= 0.3 is 5.97 Å². The smallest absolute Gasteiger partial charge is 0.347 e. The number of hydrogen-bond acceptors (Lipinski definition) is 7. The van der Waals surface area contributed by atoms with Crippen LogP contribution in [0.15, 0.2) is 42.2 Å². The summed E-state index contributed by atoms with van der Waals surface area (Å²) in [6.45, 7) is 3.60. The first-order valence-electron chi connectivity index (χ1n) is 9.10. The first-order valence-corrected chi connectivity index (χ1v) is 9.10. The van der Waals surface area contributed by atoms with Crippen LogP contribution in [0.1, 0.15) is 29.8 Å². The quantitative estimate of drug-likeness (QED) is 0.520. The minimum atomic E-state index is -0.774. The van der Waals surface area contributed by atoms with E-state index < -0.39 is 12.1 Å². The van der Waals surface area contributed by atoms with Gasteiger partial charge in [-0.05, 0) is 44.2 Å². The van der Waals surface area contributed by atoms with Crippen LogP contribution < -0.4 is 18.9 Å². The van der Waals surface area contributed by atoms with Crippen molar-refractivity contribution < 1.29 is 33.3 Å². The highest BCUT2D eigenvalue weighted by Crippen LogP contribution is 2.36. The van der Waals surface area contributed by atoms with E-state index in [0.717, 1.165) is 0 Å². The topological polar surface area (TPSA) is 80.3 Å². The lowest BCUT2D eigenvalue weighted by molar-refractivity contribution is -0.150. The molecular formula is C22H22O7. The molecule has 0 saturated carbocycles. The van der Waals surface area contributed by atoms with E-state index in [4.69, 9.17) is 23.7 Å². The number of fused-ring (bicyclic) bond motifs is 1. The molecule has 152 valence electrons. The van der Waals surface area contributed by atoms with E-state index in [1.807, 2.05) is 0 Å². The Bertz CT molecular complexity index is 962. The van der Waals surface area contributed by atoms with Gasteiger partial charge in [0, 0.05) is 17.7 Å². The van der Waals surface area contributed by atoms with Gasteiger partial charge in [0.1, 0.15) is 23.0 Å². The highest BCUT2D eigenvalue weighted by Gasteiger charge is 2.28. The number of Topliss-reactive ketones (excluding diaryl/α,β-unsaturated/α-hetero) is 1. The molecule has 0 aliphatic carbocycles. The molecule has 0 radical (unpaired) electrons. The summed E-state index contributed by atoms with van der Waals surface area (Å²) in [5, 5.41) is 0. The Morgan fingerprint density at radius 1 is 1.10 bits per heavy atom. The van der Waals surface area contributed by atoms with Gasteiger partial charge in [0.15, 0.2) is 11.9 Å². The number of esters is 1. The van der Waals surface area contributed by atoms with Gasteiger partial charge in [0.25, 0.3) is 0 Å². The summed E-state index contributed by atoms with van der Waals surface area (Å²) in [4.78, 5) is 24.4. The Balaban J connectivity index is 1.82. The van der Waals surface area contributed by atoms with Crippen molar-refractivity contribution in [1.29, 1.82) is 0 Å². The predicted molar refractivity (Wildman–Crippen MR) is 106 cm³/mol. The molecule has 0 fully saturated rings. The molecule has 2 aromatic rings. The maximum atomic E-state index is 12.7. The molecule has 0 aromatic heterocycles. The largest absolute Gasteiger partial charge is 0.497 e. The Morgan fingerprint density at radius 2 is 1.86 bits per heavy atom. The van der Waals surface area contributed by atoms with Gasteiger partial charge in [-0.25, -0.2) is 4.79 Å². The average Bonchev–Trinajstić information content (AvgIpc) is 3.03. The molecule has 3 rings (SSSR count). The lowest BCUT2D eigenvalue weighted by atomic mass is 10.1. The van der Waals surface area contributed by atoms with E-state index in [0.29, 0.717) is 34.1 Å². The molecule has 29 heavy (non-hydrogen) atoms. The molecular weight excluding hydrogens is 376 g/mol. The molecule has 0 unspecified atom stereocenters. The SMILES string of the molecule is CCOC(=O)[C@@H](C)Oc1ccc2c(c1)O/C(=C\c1ccc(OC)cc1OC)C2=O. The normalized spacial score (nSPS) is 14.8. The van der Waals surface area contributed by atoms with Gasteiger partial charge in [-0.15, -0.1) is 0 Å². The number of methoxy groups -OCH3 is 2. The molecule has 7 heteroatoms. The zero-order valence-electron chi connectivity index (χ0n) is 16.7. The van der Waals surface area contributed by atoms with Crippen molar-refractivity contribution in [3.05, 3.63) is 53.3 Å². The molecule has 1 aliphatic heterocycles. The minimum Gasteiger partial charge on any atom is -0.497 e. The Morgan fingerprint density at radius 3 is 2.55 bits per heavy atom. The average molecular weight is 398 g/mol. The Labute approximate surface area is 168 Å². The van der Waals surface area contributed by atoms with Crippen molar-refractivity contribution in [2.24, 2.45) is 0 Å². The molecule has 1 atom stereocenters. The van der Waals surface area contributed by atoms with Crippen LogP contribution >= 0.6 is 0 Å². The molecule has 7 nitrogen and oxygen atoms in total. The summed E-state index contributed by atoms with van der Waals surface area (Å²) in [6, 6.07) is 10.1. The van der Waals surface area contributed by atoms with Crippen LogP contribution in [-0.4, -0.2) is 38.7 Å². The number of carbonyl (C=O) groups excluding carboxylic acids is 2. The van der Waals surface area contributed by atoms with Gasteiger partial charge in [0.2, 0.25) is 5.78 Å². The van der Waals surface area contributed by atoms with Crippen LogP contribution in [0.25, 0.3) is 6.08 Å². The van der Waals surface area contributed by atoms with Crippen LogP contribution in [-0.2, 0) is 9.53 Å². The number of hydrogen-bond donors (Lipinski definition) is 0. The summed E-state index contributed by atoms with van der Waals surface area (Å²) in [5.74, 6) is 1.42. The second-order valence-electron chi connectivity index (χ2n) is 6.22. The van der Waals surface area contributed by atoms with Crippen molar-refractivity contribution in [2.75, 3.05) is 20.8 Å². The van der Waals surface area contributed by atoms with Crippen molar-refractivity contribution >= 4 is 17.8 Å². The number of benzene rings is 2. The number of allylic oxidation sites excluding steroid dienone is 1. The second kappa shape index (κ2) is 8.68. The standard InChI is InChI=1S/C22H22O7/c1-5-27-22(24)13(2)28-16-8-9-17-19(12-16)29-20(21(17)23)10-14-6-7-15(25-3)11-18(14)26-4/h6-13H,5H2,1-4H3/b20-10-/t13-/m1/s1. The number of carbonyl (C=O) groups is 2. The van der Waals surface area contributed by atoms with Crippen LogP contribution in [0.4, 0.5) is 0 Å². The molecule has 0 amide bonds. The van der Waals surface area contributed by atoms with Gasteiger partial charge in [-0.1, -0.05) is 0 Å². The zero-order valence-corrected chi connectivity index (χ0v) is 16.7. The number of rotatable bonds is 7. The van der Waals surface area contributed by atoms with Crippen molar-refractivity contribution in [1.82, 2.24) is 0 Å². The molecule has 1 heterocycles. The van der Waals surface area contributed by atoms with E-state index in [2.05, 4.69) is 0 Å². The summed E-state index contributed by atoms with van der Waals surface area (Å²) >= 11 is 0. The van der Waals surface area contributed by atoms with Crippen molar-refractivity contribution in [3.63, 3.8) is 0 Å². The van der Waals surface area contributed by atoms with E-state index in [1.54, 1.807) is 63.4 Å². The maximum Gasteiger partial charge on any atom is 0.347 e. The number of ether oxygens (including phenoxy) is 5. The van der Waals surface area contributed by atoms with Crippen LogP contribution in [0.3, 0.4) is 0 Å². The Hall–Kier alpha value is -3.48. The maximum absolute atomic E-state index is 12.7. The fraction of sp³-hybridized carbons (Fsp3) is 0.273. The van der Waals surface area contributed by atoms with E-state index in [-0.39, 0.29) is 18.1 Å². The molecule has 0 N–H and O–H groups in total. The monoisotopic (exact) mass is 398 g/mol. The minimum absolute atomic E-state index is 0.166. The van der Waals surface area contributed by atoms with Gasteiger partial charge in [-0.3, -0.25) is 4.79 Å². The van der Waals surface area contributed by atoms with Crippen molar-refractivity contribution in [3.8, 4) is 23.0 Å². The highest BCUT2D eigenvalue weighted by molar-refractivity contribution is 6.14. The van der Waals surface area contributed by atoms with E-state index >= 15 is 0 Å². The molecule has 0 spiro atoms. The summed E-state index contributed by atoms with van der Waals surface area (Å²) in [7, 11) is 3.10. The fourth-order valence-electron chi connectivity index (χ4n) is 2.83. The van der Waals surface area contributed by atoms with Gasteiger partial charge < -0.3 is 23.7 Å².